The molecule has 0 rings (SSSR count). The van der Waals surface area contributed by atoms with E-state index in [0.717, 1.165) is 0 Å². The van der Waals surface area contributed by atoms with Crippen LogP contribution in [0.25, 0.3) is 0 Å². The van der Waals surface area contributed by atoms with Gasteiger partial charge in [-0.2, -0.15) is 0 Å². The van der Waals surface area contributed by atoms with Crippen LogP contribution in [0.4, 0.5) is 0 Å². The molecule has 0 N–H and O–H groups in total. The molecular formula is C10H13Cl7O2. The molecule has 0 spiro atoms. The first kappa shape index (κ1) is 22.6. The van der Waals surface area contributed by atoms with E-state index in [1.165, 1.54) is 27.7 Å². The van der Waals surface area contributed by atoms with Crippen molar-refractivity contribution in [2.24, 2.45) is 5.92 Å². The van der Waals surface area contributed by atoms with Crippen molar-refractivity contribution in [2.45, 2.75) is 40.2 Å². The van der Waals surface area contributed by atoms with E-state index in [-0.39, 0.29) is 5.78 Å². The summed E-state index contributed by atoms with van der Waals surface area (Å²) in [5.41, 5.74) is 0. The molecule has 0 aromatic carbocycles. The molecule has 1 unspecified atom stereocenters. The van der Waals surface area contributed by atoms with Crippen molar-refractivity contribution in [3.63, 3.8) is 0 Å². The van der Waals surface area contributed by atoms with Crippen LogP contribution in [-0.2, 0) is 9.59 Å². The molecule has 114 valence electrons. The average molecular weight is 413 g/mol. The van der Waals surface area contributed by atoms with Crippen LogP contribution in [0, 0.1) is 5.92 Å². The molecular weight excluding hydrogens is 400 g/mol. The minimum atomic E-state index is -1.65. The van der Waals surface area contributed by atoms with Gasteiger partial charge >= 0.3 is 0 Å². The Balaban J connectivity index is 0. The quantitative estimate of drug-likeness (QED) is 0.571. The summed E-state index contributed by atoms with van der Waals surface area (Å²) < 4.78 is -4.49. The van der Waals surface area contributed by atoms with E-state index in [1.54, 1.807) is 0 Å². The van der Waals surface area contributed by atoms with Gasteiger partial charge < -0.3 is 0 Å². The number of Topliss-reactive ketones (excluding diaryl/α,β-unsaturated/α-hetero) is 2. The van der Waals surface area contributed by atoms with E-state index in [9.17, 15) is 9.59 Å². The first-order valence-electron chi connectivity index (χ1n) is 4.89. The number of hydrogen-bond acceptors (Lipinski definition) is 2. The first-order valence-corrected chi connectivity index (χ1v) is 7.53. The standard InChI is InChI=1S/C6H7Cl5O.C4H6Cl2O/c1-3(6(9,10)11)5(7,8)4(2)12;1-3(7)4(2,5)6/h3H,1-2H3;1-2H3. The molecule has 0 heterocycles. The summed E-state index contributed by atoms with van der Waals surface area (Å²) in [5.74, 6) is -1.43. The van der Waals surface area contributed by atoms with Crippen LogP contribution in [0.2, 0.25) is 0 Å². The molecule has 0 amide bonds. The number of hydrogen-bond donors (Lipinski definition) is 0. The van der Waals surface area contributed by atoms with Crippen LogP contribution < -0.4 is 0 Å². The van der Waals surface area contributed by atoms with Crippen LogP contribution in [-0.4, -0.2) is 24.0 Å². The molecule has 0 aromatic rings. The third-order valence-electron chi connectivity index (χ3n) is 2.12. The van der Waals surface area contributed by atoms with Gasteiger partial charge in [-0.3, -0.25) is 9.59 Å². The van der Waals surface area contributed by atoms with Gasteiger partial charge in [0.2, 0.25) is 0 Å². The molecule has 0 aliphatic carbocycles. The van der Waals surface area contributed by atoms with Gasteiger partial charge in [-0.15, -0.1) is 0 Å². The molecule has 0 aromatic heterocycles. The molecule has 0 saturated carbocycles. The first-order chi connectivity index (χ1) is 8.04. The van der Waals surface area contributed by atoms with Gasteiger partial charge in [-0.1, -0.05) is 88.1 Å². The monoisotopic (exact) mass is 410 g/mol. The number of ketones is 2. The van der Waals surface area contributed by atoms with Crippen LogP contribution in [0.5, 0.6) is 0 Å². The second-order valence-electron chi connectivity index (χ2n) is 3.89. The Kier molecular flexibility index (Phi) is 9.68. The zero-order valence-electron chi connectivity index (χ0n) is 10.5. The van der Waals surface area contributed by atoms with E-state index < -0.39 is 24.2 Å². The van der Waals surface area contributed by atoms with Crippen LogP contribution >= 0.6 is 81.2 Å². The Morgan fingerprint density at radius 1 is 0.842 bits per heavy atom. The fourth-order valence-corrected chi connectivity index (χ4v) is 1.66. The fourth-order valence-electron chi connectivity index (χ4n) is 0.510. The van der Waals surface area contributed by atoms with E-state index in [4.69, 9.17) is 81.2 Å². The smallest absolute Gasteiger partial charge is 0.196 e. The van der Waals surface area contributed by atoms with Gasteiger partial charge in [0.05, 0.1) is 0 Å². The lowest BCUT2D eigenvalue weighted by Crippen LogP contribution is -2.39. The Morgan fingerprint density at radius 2 is 1.11 bits per heavy atom. The second-order valence-corrected chi connectivity index (χ2v) is 9.35. The third-order valence-corrected chi connectivity index (χ3v) is 4.82. The summed E-state index contributed by atoms with van der Waals surface area (Å²) in [7, 11) is 0. The van der Waals surface area contributed by atoms with Crippen molar-refractivity contribution >= 4 is 92.8 Å². The molecule has 0 fully saturated rings. The number of carbonyl (C=O) groups excluding carboxylic acids is 2. The normalized spacial score (nSPS) is 14.3. The molecule has 0 bridgehead atoms. The maximum Gasteiger partial charge on any atom is 0.196 e. The summed E-state index contributed by atoms with van der Waals surface area (Å²) >= 11 is 38.5. The molecule has 1 atom stereocenters. The number of rotatable bonds is 3. The van der Waals surface area contributed by atoms with Gasteiger partial charge in [0.1, 0.15) is 0 Å². The Morgan fingerprint density at radius 3 is 1.16 bits per heavy atom. The lowest BCUT2D eigenvalue weighted by molar-refractivity contribution is -0.118. The number of alkyl halides is 7. The second kappa shape index (κ2) is 8.12. The highest BCUT2D eigenvalue weighted by Gasteiger charge is 2.47. The van der Waals surface area contributed by atoms with Crippen molar-refractivity contribution in [3.05, 3.63) is 0 Å². The molecule has 9 heteroatoms. The lowest BCUT2D eigenvalue weighted by Gasteiger charge is -2.29. The fraction of sp³-hybridized carbons (Fsp3) is 0.800. The molecule has 0 saturated heterocycles. The maximum atomic E-state index is 10.9. The van der Waals surface area contributed by atoms with Gasteiger partial charge in [-0.25, -0.2) is 0 Å². The van der Waals surface area contributed by atoms with Gasteiger partial charge in [0, 0.05) is 5.92 Å². The maximum absolute atomic E-state index is 10.9. The highest BCUT2D eigenvalue weighted by molar-refractivity contribution is 6.69. The Bertz CT molecular complexity index is 328. The topological polar surface area (TPSA) is 34.1 Å². The van der Waals surface area contributed by atoms with Crippen molar-refractivity contribution < 1.29 is 9.59 Å². The predicted octanol–water partition coefficient (Wildman–Crippen LogP) is 5.52. The van der Waals surface area contributed by atoms with Crippen LogP contribution in [0.3, 0.4) is 0 Å². The Hall–Kier alpha value is 1.37. The van der Waals surface area contributed by atoms with Crippen molar-refractivity contribution in [1.82, 2.24) is 0 Å². The van der Waals surface area contributed by atoms with Crippen molar-refractivity contribution in [1.29, 1.82) is 0 Å². The predicted molar refractivity (Wildman–Crippen MR) is 85.4 cm³/mol. The summed E-state index contributed by atoms with van der Waals surface area (Å²) in [6.45, 7) is 5.53. The summed E-state index contributed by atoms with van der Waals surface area (Å²) in [6, 6.07) is 0. The number of carbonyl (C=O) groups is 2. The molecule has 0 aliphatic heterocycles. The largest absolute Gasteiger partial charge is 0.297 e. The van der Waals surface area contributed by atoms with Crippen LogP contribution in [0.15, 0.2) is 0 Å². The zero-order chi connectivity index (χ0) is 16.2. The molecule has 19 heavy (non-hydrogen) atoms. The van der Waals surface area contributed by atoms with E-state index >= 15 is 0 Å². The highest BCUT2D eigenvalue weighted by atomic mass is 35.6. The third kappa shape index (κ3) is 9.08. The highest BCUT2D eigenvalue weighted by Crippen LogP contribution is 2.46. The molecule has 2 nitrogen and oxygen atoms in total. The minimum Gasteiger partial charge on any atom is -0.297 e. The molecule has 0 aliphatic rings. The van der Waals surface area contributed by atoms with Gasteiger partial charge in [0.15, 0.2) is 24.0 Å². The van der Waals surface area contributed by atoms with Crippen molar-refractivity contribution in [3.8, 4) is 0 Å². The van der Waals surface area contributed by atoms with Gasteiger partial charge in [-0.05, 0) is 20.8 Å². The van der Waals surface area contributed by atoms with E-state index in [0.29, 0.717) is 0 Å². The summed E-state index contributed by atoms with van der Waals surface area (Å²) in [6.07, 6.45) is 0. The SMILES string of the molecule is CC(=O)C(C)(Cl)Cl.CC(=O)C(Cl)(Cl)C(C)C(Cl)(Cl)Cl. The summed E-state index contributed by atoms with van der Waals surface area (Å²) in [5, 5.41) is 0. The van der Waals surface area contributed by atoms with Crippen LogP contribution in [0.1, 0.15) is 27.7 Å². The van der Waals surface area contributed by atoms with E-state index in [2.05, 4.69) is 0 Å². The van der Waals surface area contributed by atoms with E-state index in [1.807, 2.05) is 0 Å². The van der Waals surface area contributed by atoms with Crippen molar-refractivity contribution in [2.75, 3.05) is 0 Å². The number of halogens is 7. The van der Waals surface area contributed by atoms with Gasteiger partial charge in [0.25, 0.3) is 0 Å². The Labute approximate surface area is 147 Å². The average Bonchev–Trinajstić information content (AvgIpc) is 2.14. The minimum absolute atomic E-state index is 0.226. The molecule has 0 radical (unpaired) electrons. The summed E-state index contributed by atoms with van der Waals surface area (Å²) in [4.78, 5) is 21.1. The zero-order valence-corrected chi connectivity index (χ0v) is 15.8. The lowest BCUT2D eigenvalue weighted by atomic mass is 10.1.